The number of hydrogen-bond acceptors (Lipinski definition) is 6. The lowest BCUT2D eigenvalue weighted by atomic mass is 10.3. The van der Waals surface area contributed by atoms with Crippen molar-refractivity contribution in [3.63, 3.8) is 0 Å². The molecule has 0 saturated carbocycles. The molecule has 0 aliphatic heterocycles. The second-order valence-corrected chi connectivity index (χ2v) is 4.82. The quantitative estimate of drug-likeness (QED) is 0.756. The summed E-state index contributed by atoms with van der Waals surface area (Å²) in [5, 5.41) is 15.1. The number of hydrogen-bond donors (Lipinski definition) is 2. The van der Waals surface area contributed by atoms with Crippen LogP contribution in [0.2, 0.25) is 0 Å². The highest BCUT2D eigenvalue weighted by Gasteiger charge is 2.16. The maximum Gasteiger partial charge on any atom is 0.164 e. The zero-order chi connectivity index (χ0) is 13.4. The molecule has 0 amide bonds. The number of aryl methyl sites for hydroxylation is 1. The summed E-state index contributed by atoms with van der Waals surface area (Å²) in [6, 6.07) is -0.0484. The molecule has 2 N–H and O–H groups in total. The van der Waals surface area contributed by atoms with Gasteiger partial charge in [-0.3, -0.25) is 5.10 Å². The van der Waals surface area contributed by atoms with E-state index in [-0.39, 0.29) is 6.04 Å². The van der Waals surface area contributed by atoms with Gasteiger partial charge >= 0.3 is 0 Å². The Hall–Kier alpha value is -2.03. The minimum atomic E-state index is -0.0484. The summed E-state index contributed by atoms with van der Waals surface area (Å²) in [5.74, 6) is 1.45. The Morgan fingerprint density at radius 2 is 2.16 bits per heavy atom. The van der Waals surface area contributed by atoms with Gasteiger partial charge < -0.3 is 5.32 Å². The van der Waals surface area contributed by atoms with Crippen LogP contribution in [0.3, 0.4) is 0 Å². The molecule has 3 rings (SSSR count). The van der Waals surface area contributed by atoms with Crippen molar-refractivity contribution < 1.29 is 0 Å². The standard InChI is InChI=1S/C10H11BrN8/c1-5(8-13-4-15-17-8)16-9-6-7(11)18-19(2)10(6)14-3-12-9/h3-5H,1-2H3,(H,12,14,16)(H,13,15,17). The average molecular weight is 323 g/mol. The van der Waals surface area contributed by atoms with Gasteiger partial charge in [-0.2, -0.15) is 10.2 Å². The molecule has 0 saturated heterocycles. The van der Waals surface area contributed by atoms with E-state index in [0.29, 0.717) is 10.4 Å². The van der Waals surface area contributed by atoms with Crippen LogP contribution in [0.5, 0.6) is 0 Å². The van der Waals surface area contributed by atoms with Gasteiger partial charge in [-0.05, 0) is 22.9 Å². The van der Waals surface area contributed by atoms with Crippen molar-refractivity contribution in [1.29, 1.82) is 0 Å². The fourth-order valence-corrected chi connectivity index (χ4v) is 2.45. The average Bonchev–Trinajstić information content (AvgIpc) is 3.00. The van der Waals surface area contributed by atoms with E-state index in [1.165, 1.54) is 12.7 Å². The van der Waals surface area contributed by atoms with Crippen LogP contribution >= 0.6 is 15.9 Å². The highest BCUT2D eigenvalue weighted by Crippen LogP contribution is 2.28. The molecule has 0 spiro atoms. The highest BCUT2D eigenvalue weighted by molar-refractivity contribution is 9.10. The molecule has 0 aromatic carbocycles. The molecule has 8 nitrogen and oxygen atoms in total. The molecule has 98 valence electrons. The predicted octanol–water partition coefficient (Wildman–Crippen LogP) is 1.42. The zero-order valence-electron chi connectivity index (χ0n) is 10.3. The molecule has 0 aliphatic rings. The first-order valence-electron chi connectivity index (χ1n) is 5.62. The second kappa shape index (κ2) is 4.57. The molecule has 0 radical (unpaired) electrons. The van der Waals surface area contributed by atoms with Crippen molar-refractivity contribution >= 4 is 32.8 Å². The van der Waals surface area contributed by atoms with Crippen molar-refractivity contribution in [3.05, 3.63) is 23.1 Å². The van der Waals surface area contributed by atoms with Crippen LogP contribution in [0.4, 0.5) is 5.82 Å². The van der Waals surface area contributed by atoms with Gasteiger partial charge in [-0.25, -0.2) is 19.6 Å². The smallest absolute Gasteiger partial charge is 0.164 e. The summed E-state index contributed by atoms with van der Waals surface area (Å²) in [7, 11) is 1.84. The minimum absolute atomic E-state index is 0.0484. The SMILES string of the molecule is CC(Nc1ncnc2c1c(Br)nn2C)c1ncn[nH]1. The van der Waals surface area contributed by atoms with Gasteiger partial charge in [0.25, 0.3) is 0 Å². The summed E-state index contributed by atoms with van der Waals surface area (Å²) in [5.41, 5.74) is 0.758. The molecule has 3 aromatic heterocycles. The summed E-state index contributed by atoms with van der Waals surface area (Å²) < 4.78 is 2.41. The van der Waals surface area contributed by atoms with Crippen LogP contribution < -0.4 is 5.32 Å². The highest BCUT2D eigenvalue weighted by atomic mass is 79.9. The molecule has 0 bridgehead atoms. The molecule has 3 heterocycles. The van der Waals surface area contributed by atoms with Crippen LogP contribution in [-0.4, -0.2) is 34.9 Å². The Balaban J connectivity index is 2.01. The lowest BCUT2D eigenvalue weighted by molar-refractivity contribution is 0.776. The molecule has 3 aromatic rings. The van der Waals surface area contributed by atoms with Crippen LogP contribution in [0.25, 0.3) is 11.0 Å². The third kappa shape index (κ3) is 2.05. The number of nitrogens with zero attached hydrogens (tertiary/aromatic N) is 6. The van der Waals surface area contributed by atoms with E-state index in [1.807, 2.05) is 14.0 Å². The zero-order valence-corrected chi connectivity index (χ0v) is 11.9. The van der Waals surface area contributed by atoms with Gasteiger partial charge in [0, 0.05) is 7.05 Å². The molecule has 19 heavy (non-hydrogen) atoms. The van der Waals surface area contributed by atoms with E-state index in [1.54, 1.807) is 4.68 Å². The first-order chi connectivity index (χ1) is 9.16. The Kier molecular flexibility index (Phi) is 2.90. The summed E-state index contributed by atoms with van der Waals surface area (Å²) >= 11 is 3.42. The summed E-state index contributed by atoms with van der Waals surface area (Å²) in [4.78, 5) is 12.6. The lowest BCUT2D eigenvalue weighted by Crippen LogP contribution is -2.10. The van der Waals surface area contributed by atoms with Crippen LogP contribution in [0.1, 0.15) is 18.8 Å². The molecule has 9 heteroatoms. The van der Waals surface area contributed by atoms with Gasteiger partial charge in [0.1, 0.15) is 28.9 Å². The van der Waals surface area contributed by atoms with Crippen molar-refractivity contribution in [1.82, 2.24) is 34.9 Å². The molecule has 1 unspecified atom stereocenters. The topological polar surface area (TPSA) is 97.2 Å². The molecule has 0 aliphatic carbocycles. The number of aromatic nitrogens is 7. The van der Waals surface area contributed by atoms with Gasteiger partial charge in [0.2, 0.25) is 0 Å². The maximum absolute atomic E-state index is 4.28. The fourth-order valence-electron chi connectivity index (χ4n) is 1.85. The lowest BCUT2D eigenvalue weighted by Gasteiger charge is -2.12. The van der Waals surface area contributed by atoms with Crippen molar-refractivity contribution in [2.45, 2.75) is 13.0 Å². The largest absolute Gasteiger partial charge is 0.360 e. The van der Waals surface area contributed by atoms with E-state index in [9.17, 15) is 0 Å². The second-order valence-electron chi connectivity index (χ2n) is 4.07. The first-order valence-corrected chi connectivity index (χ1v) is 6.41. The molecular formula is C10H11BrN8. The normalized spacial score (nSPS) is 12.8. The Labute approximate surface area is 116 Å². The number of aromatic amines is 1. The number of rotatable bonds is 3. The van der Waals surface area contributed by atoms with Crippen molar-refractivity contribution in [2.24, 2.45) is 7.05 Å². The number of nitrogens with one attached hydrogen (secondary N) is 2. The Morgan fingerprint density at radius 1 is 1.32 bits per heavy atom. The van der Waals surface area contributed by atoms with E-state index in [0.717, 1.165) is 16.9 Å². The van der Waals surface area contributed by atoms with Crippen molar-refractivity contribution in [2.75, 3.05) is 5.32 Å². The van der Waals surface area contributed by atoms with E-state index in [4.69, 9.17) is 0 Å². The third-order valence-electron chi connectivity index (χ3n) is 2.77. The Bertz CT molecular complexity index is 704. The third-order valence-corrected chi connectivity index (χ3v) is 3.33. The number of fused-ring (bicyclic) bond motifs is 1. The number of halogens is 1. The van der Waals surface area contributed by atoms with Gasteiger partial charge in [-0.15, -0.1) is 0 Å². The van der Waals surface area contributed by atoms with E-state index >= 15 is 0 Å². The van der Waals surface area contributed by atoms with Gasteiger partial charge in [0.15, 0.2) is 5.65 Å². The Morgan fingerprint density at radius 3 is 2.89 bits per heavy atom. The fraction of sp³-hybridized carbons (Fsp3) is 0.300. The maximum atomic E-state index is 4.28. The van der Waals surface area contributed by atoms with Gasteiger partial charge in [0.05, 0.1) is 11.4 Å². The summed E-state index contributed by atoms with van der Waals surface area (Å²) in [6.07, 6.45) is 2.98. The predicted molar refractivity (Wildman–Crippen MR) is 72.4 cm³/mol. The molecular weight excluding hydrogens is 312 g/mol. The molecule has 1 atom stereocenters. The van der Waals surface area contributed by atoms with Crippen LogP contribution in [-0.2, 0) is 7.05 Å². The van der Waals surface area contributed by atoms with Crippen LogP contribution in [0.15, 0.2) is 17.3 Å². The number of H-pyrrole nitrogens is 1. The van der Waals surface area contributed by atoms with E-state index < -0.39 is 0 Å². The molecule has 0 fully saturated rings. The van der Waals surface area contributed by atoms with Gasteiger partial charge in [-0.1, -0.05) is 0 Å². The van der Waals surface area contributed by atoms with Crippen LogP contribution in [0, 0.1) is 0 Å². The summed E-state index contributed by atoms with van der Waals surface area (Å²) in [6.45, 7) is 1.97. The monoisotopic (exact) mass is 322 g/mol. The van der Waals surface area contributed by atoms with Crippen molar-refractivity contribution in [3.8, 4) is 0 Å². The van der Waals surface area contributed by atoms with E-state index in [2.05, 4.69) is 51.5 Å². The minimum Gasteiger partial charge on any atom is -0.360 e. The first kappa shape index (κ1) is 12.0. The number of anilines is 1.